The zero-order chi connectivity index (χ0) is 26.3. The van der Waals surface area contributed by atoms with Gasteiger partial charge in [-0.25, -0.2) is 4.98 Å². The van der Waals surface area contributed by atoms with E-state index in [0.717, 1.165) is 31.0 Å². The molecule has 0 aliphatic heterocycles. The highest BCUT2D eigenvalue weighted by atomic mass is 19.4. The first-order valence-corrected chi connectivity index (χ1v) is 11.5. The van der Waals surface area contributed by atoms with Gasteiger partial charge in [0, 0.05) is 17.3 Å². The van der Waals surface area contributed by atoms with Crippen LogP contribution in [0.25, 0.3) is 16.6 Å². The minimum Gasteiger partial charge on any atom is -0.349 e. The molecule has 188 valence electrons. The lowest BCUT2D eigenvalue weighted by Crippen LogP contribution is -2.27. The number of rotatable bonds is 5. The maximum Gasteiger partial charge on any atom is 0.416 e. The molecule has 10 heteroatoms. The molecule has 0 atom stereocenters. The van der Waals surface area contributed by atoms with Crippen molar-refractivity contribution in [3.63, 3.8) is 0 Å². The van der Waals surface area contributed by atoms with Crippen molar-refractivity contribution in [1.82, 2.24) is 14.9 Å². The topological polar surface area (TPSA) is 93.1 Å². The second kappa shape index (κ2) is 9.20. The van der Waals surface area contributed by atoms with Gasteiger partial charge in [0.2, 0.25) is 0 Å². The molecule has 3 aromatic carbocycles. The minimum absolute atomic E-state index is 0.152. The maximum absolute atomic E-state index is 13.4. The van der Waals surface area contributed by atoms with E-state index in [9.17, 15) is 27.6 Å². The van der Waals surface area contributed by atoms with Gasteiger partial charge < -0.3 is 10.6 Å². The third-order valence-corrected chi connectivity index (χ3v) is 6.12. The van der Waals surface area contributed by atoms with Crippen LogP contribution in [0.3, 0.4) is 0 Å². The molecule has 0 unspecified atom stereocenters. The maximum atomic E-state index is 13.4. The summed E-state index contributed by atoms with van der Waals surface area (Å²) in [6.07, 6.45) is -1.40. The zero-order valence-electron chi connectivity index (χ0n) is 19.6. The van der Waals surface area contributed by atoms with E-state index in [0.29, 0.717) is 16.8 Å². The van der Waals surface area contributed by atoms with Crippen molar-refractivity contribution in [2.75, 3.05) is 5.32 Å². The van der Waals surface area contributed by atoms with Crippen LogP contribution >= 0.6 is 0 Å². The SMILES string of the molecule is Cc1ccc(NC(=O)c2cccc(C(F)(F)F)c2)cc1-n1cnc2c(C(=O)NC3CC3)cccc2c1=O. The molecule has 7 nitrogen and oxygen atoms in total. The third kappa shape index (κ3) is 4.95. The highest BCUT2D eigenvalue weighted by molar-refractivity contribution is 6.06. The summed E-state index contributed by atoms with van der Waals surface area (Å²) in [7, 11) is 0. The Morgan fingerprint density at radius 2 is 1.76 bits per heavy atom. The molecule has 1 heterocycles. The van der Waals surface area contributed by atoms with Crippen LogP contribution in [0.2, 0.25) is 0 Å². The van der Waals surface area contributed by atoms with Crippen LogP contribution in [-0.4, -0.2) is 27.4 Å². The van der Waals surface area contributed by atoms with Gasteiger partial charge in [-0.3, -0.25) is 19.0 Å². The number of benzene rings is 3. The number of carbonyl (C=O) groups is 2. The van der Waals surface area contributed by atoms with Crippen molar-refractivity contribution < 1.29 is 22.8 Å². The molecule has 0 bridgehead atoms. The van der Waals surface area contributed by atoms with Crippen LogP contribution in [0, 0.1) is 6.92 Å². The highest BCUT2D eigenvalue weighted by Crippen LogP contribution is 2.30. The van der Waals surface area contributed by atoms with Gasteiger partial charge in [0.15, 0.2) is 0 Å². The molecule has 37 heavy (non-hydrogen) atoms. The Bertz CT molecular complexity index is 1610. The van der Waals surface area contributed by atoms with E-state index in [-0.39, 0.29) is 34.1 Å². The number of fused-ring (bicyclic) bond motifs is 1. The van der Waals surface area contributed by atoms with Crippen LogP contribution in [0.1, 0.15) is 44.7 Å². The van der Waals surface area contributed by atoms with Gasteiger partial charge in [-0.15, -0.1) is 0 Å². The summed E-state index contributed by atoms with van der Waals surface area (Å²) in [4.78, 5) is 43.0. The Labute approximate surface area is 209 Å². The lowest BCUT2D eigenvalue weighted by molar-refractivity contribution is -0.137. The Kier molecular flexibility index (Phi) is 6.02. The lowest BCUT2D eigenvalue weighted by atomic mass is 10.1. The van der Waals surface area contributed by atoms with E-state index >= 15 is 0 Å². The van der Waals surface area contributed by atoms with Crippen molar-refractivity contribution in [1.29, 1.82) is 0 Å². The predicted octanol–water partition coefficient (Wildman–Crippen LogP) is 4.86. The number of nitrogens with zero attached hydrogens (tertiary/aromatic N) is 2. The molecule has 1 aliphatic carbocycles. The molecule has 0 radical (unpaired) electrons. The number of para-hydroxylation sites is 1. The molecule has 4 aromatic rings. The summed E-state index contributed by atoms with van der Waals surface area (Å²) < 4.78 is 40.4. The molecule has 0 spiro atoms. The van der Waals surface area contributed by atoms with E-state index in [1.165, 1.54) is 17.0 Å². The number of carbonyl (C=O) groups excluding carboxylic acids is 2. The number of anilines is 1. The van der Waals surface area contributed by atoms with Gasteiger partial charge in [-0.2, -0.15) is 13.2 Å². The van der Waals surface area contributed by atoms with Crippen molar-refractivity contribution in [2.45, 2.75) is 32.0 Å². The average Bonchev–Trinajstić information content (AvgIpc) is 3.69. The Balaban J connectivity index is 1.47. The number of alkyl halides is 3. The smallest absolute Gasteiger partial charge is 0.349 e. The number of hydrogen-bond donors (Lipinski definition) is 2. The van der Waals surface area contributed by atoms with Crippen molar-refractivity contribution in [3.8, 4) is 5.69 Å². The number of aryl methyl sites for hydroxylation is 1. The molecule has 1 aliphatic rings. The van der Waals surface area contributed by atoms with Gasteiger partial charge in [-0.05, 0) is 67.8 Å². The molecule has 5 rings (SSSR count). The second-order valence-electron chi connectivity index (χ2n) is 8.90. The van der Waals surface area contributed by atoms with E-state index in [1.807, 2.05) is 0 Å². The first kappa shape index (κ1) is 24.2. The first-order chi connectivity index (χ1) is 17.6. The van der Waals surface area contributed by atoms with Gasteiger partial charge >= 0.3 is 6.18 Å². The minimum atomic E-state index is -4.57. The first-order valence-electron chi connectivity index (χ1n) is 11.5. The number of halogens is 3. The highest BCUT2D eigenvalue weighted by Gasteiger charge is 2.31. The molecular formula is C27H21F3N4O3. The Morgan fingerprint density at radius 1 is 1.00 bits per heavy atom. The fraction of sp³-hybridized carbons (Fsp3) is 0.185. The van der Waals surface area contributed by atoms with Crippen molar-refractivity contribution in [3.05, 3.63) is 99.6 Å². The van der Waals surface area contributed by atoms with Crippen LogP contribution in [0.15, 0.2) is 71.8 Å². The fourth-order valence-electron chi connectivity index (χ4n) is 3.99. The molecule has 1 saturated carbocycles. The number of nitrogens with one attached hydrogen (secondary N) is 2. The van der Waals surface area contributed by atoms with E-state index in [1.54, 1.807) is 43.3 Å². The molecule has 1 aromatic heterocycles. The Hall–Kier alpha value is -4.47. The summed E-state index contributed by atoms with van der Waals surface area (Å²) >= 11 is 0. The Morgan fingerprint density at radius 3 is 2.49 bits per heavy atom. The van der Waals surface area contributed by atoms with Gasteiger partial charge in [0.05, 0.1) is 27.7 Å². The van der Waals surface area contributed by atoms with E-state index < -0.39 is 23.2 Å². The van der Waals surface area contributed by atoms with Gasteiger partial charge in [0.25, 0.3) is 17.4 Å². The average molecular weight is 506 g/mol. The zero-order valence-corrected chi connectivity index (χ0v) is 19.6. The predicted molar refractivity (Wildman–Crippen MR) is 132 cm³/mol. The molecule has 1 fully saturated rings. The molecular weight excluding hydrogens is 485 g/mol. The van der Waals surface area contributed by atoms with E-state index in [4.69, 9.17) is 0 Å². The standard InChI is InChI=1S/C27H21F3N4O3/c1-15-8-9-19(33-24(35)16-4-2-5-17(12-16)27(28,29)30)13-22(15)34-14-31-23-20(25(36)32-18-10-11-18)6-3-7-21(23)26(34)37/h2-9,12-14,18H,10-11H2,1H3,(H,32,36)(H,33,35). The summed E-state index contributed by atoms with van der Waals surface area (Å²) in [5.41, 5.74) is 0.517. The van der Waals surface area contributed by atoms with Gasteiger partial charge in [0.1, 0.15) is 6.33 Å². The normalized spacial score (nSPS) is 13.4. The van der Waals surface area contributed by atoms with E-state index in [2.05, 4.69) is 15.6 Å². The lowest BCUT2D eigenvalue weighted by Gasteiger charge is -2.14. The number of aromatic nitrogens is 2. The molecule has 0 saturated heterocycles. The monoisotopic (exact) mass is 506 g/mol. The third-order valence-electron chi connectivity index (χ3n) is 6.12. The van der Waals surface area contributed by atoms with Crippen molar-refractivity contribution >= 4 is 28.4 Å². The van der Waals surface area contributed by atoms with Crippen LogP contribution in [0.5, 0.6) is 0 Å². The summed E-state index contributed by atoms with van der Waals surface area (Å²) in [6.45, 7) is 1.77. The summed E-state index contributed by atoms with van der Waals surface area (Å²) in [6, 6.07) is 13.9. The number of amides is 2. The second-order valence-corrected chi connectivity index (χ2v) is 8.90. The summed E-state index contributed by atoms with van der Waals surface area (Å²) in [5.74, 6) is -1.01. The molecule has 2 amide bonds. The quantitative estimate of drug-likeness (QED) is 0.405. The van der Waals surface area contributed by atoms with Crippen LogP contribution in [-0.2, 0) is 6.18 Å². The van der Waals surface area contributed by atoms with Crippen LogP contribution < -0.4 is 16.2 Å². The fourth-order valence-corrected chi connectivity index (χ4v) is 3.99. The van der Waals surface area contributed by atoms with Crippen molar-refractivity contribution in [2.24, 2.45) is 0 Å². The number of hydrogen-bond acceptors (Lipinski definition) is 4. The van der Waals surface area contributed by atoms with Crippen LogP contribution in [0.4, 0.5) is 18.9 Å². The van der Waals surface area contributed by atoms with Gasteiger partial charge in [-0.1, -0.05) is 18.2 Å². The largest absolute Gasteiger partial charge is 0.416 e. The molecule has 2 N–H and O–H groups in total. The summed E-state index contributed by atoms with van der Waals surface area (Å²) in [5, 5.41) is 5.74.